The first-order chi connectivity index (χ1) is 10.7. The van der Waals surface area contributed by atoms with Crippen LogP contribution in [-0.4, -0.2) is 24.1 Å². The standard InChI is InChI=1S/C17H18N2O3/c1-12-2-6-16(18-11-12)19-17(20)7-4-13-3-5-14-15(10-13)22-9-8-21-14/h2-3,5-6,10-11H,4,7-9H2,1H3,(H,18,19,20). The van der Waals surface area contributed by atoms with E-state index in [4.69, 9.17) is 9.47 Å². The number of carbonyl (C=O) groups excluding carboxylic acids is 1. The number of rotatable bonds is 4. The van der Waals surface area contributed by atoms with Gasteiger partial charge in [-0.3, -0.25) is 4.79 Å². The lowest BCUT2D eigenvalue weighted by molar-refractivity contribution is -0.116. The molecule has 0 spiro atoms. The van der Waals surface area contributed by atoms with Crippen molar-refractivity contribution in [3.63, 3.8) is 0 Å². The molecule has 0 aliphatic carbocycles. The molecule has 0 atom stereocenters. The zero-order valence-electron chi connectivity index (χ0n) is 12.5. The summed E-state index contributed by atoms with van der Waals surface area (Å²) in [5, 5.41) is 2.80. The SMILES string of the molecule is Cc1ccc(NC(=O)CCc2ccc3c(c2)OCCO3)nc1. The van der Waals surface area contributed by atoms with Crippen LogP contribution < -0.4 is 14.8 Å². The molecular formula is C17H18N2O3. The molecule has 2 aromatic rings. The molecular weight excluding hydrogens is 280 g/mol. The average molecular weight is 298 g/mol. The maximum Gasteiger partial charge on any atom is 0.225 e. The van der Waals surface area contributed by atoms with Gasteiger partial charge in [0.1, 0.15) is 19.0 Å². The van der Waals surface area contributed by atoms with E-state index < -0.39 is 0 Å². The third-order valence-corrected chi connectivity index (χ3v) is 3.43. The van der Waals surface area contributed by atoms with Gasteiger partial charge < -0.3 is 14.8 Å². The Morgan fingerprint density at radius 3 is 2.77 bits per heavy atom. The number of fused-ring (bicyclic) bond motifs is 1. The van der Waals surface area contributed by atoms with E-state index in [9.17, 15) is 4.79 Å². The van der Waals surface area contributed by atoms with Crippen molar-refractivity contribution in [2.24, 2.45) is 0 Å². The molecule has 5 nitrogen and oxygen atoms in total. The van der Waals surface area contributed by atoms with Crippen molar-refractivity contribution in [2.75, 3.05) is 18.5 Å². The Morgan fingerprint density at radius 1 is 1.18 bits per heavy atom. The molecule has 114 valence electrons. The minimum absolute atomic E-state index is 0.0498. The summed E-state index contributed by atoms with van der Waals surface area (Å²) in [5.74, 6) is 2.05. The lowest BCUT2D eigenvalue weighted by Gasteiger charge is -2.18. The van der Waals surface area contributed by atoms with Crippen LogP contribution in [0.2, 0.25) is 0 Å². The molecule has 0 bridgehead atoms. The monoisotopic (exact) mass is 298 g/mol. The largest absolute Gasteiger partial charge is 0.486 e. The second-order valence-electron chi connectivity index (χ2n) is 5.25. The minimum Gasteiger partial charge on any atom is -0.486 e. The first kappa shape index (κ1) is 14.4. The Kier molecular flexibility index (Phi) is 4.23. The molecule has 1 aromatic heterocycles. The van der Waals surface area contributed by atoms with Crippen LogP contribution in [0.4, 0.5) is 5.82 Å². The third kappa shape index (κ3) is 3.55. The molecule has 0 fully saturated rings. The van der Waals surface area contributed by atoms with Crippen LogP contribution in [0.1, 0.15) is 17.5 Å². The van der Waals surface area contributed by atoms with E-state index in [1.807, 2.05) is 31.2 Å². The molecule has 3 rings (SSSR count). The van der Waals surface area contributed by atoms with E-state index in [0.29, 0.717) is 31.9 Å². The highest BCUT2D eigenvalue weighted by atomic mass is 16.6. The number of aromatic nitrogens is 1. The van der Waals surface area contributed by atoms with Gasteiger partial charge in [0, 0.05) is 12.6 Å². The van der Waals surface area contributed by atoms with Crippen LogP contribution >= 0.6 is 0 Å². The van der Waals surface area contributed by atoms with E-state index in [-0.39, 0.29) is 5.91 Å². The average Bonchev–Trinajstić information content (AvgIpc) is 2.55. The number of hydrogen-bond donors (Lipinski definition) is 1. The normalized spacial score (nSPS) is 12.8. The van der Waals surface area contributed by atoms with Gasteiger partial charge in [-0.25, -0.2) is 4.98 Å². The summed E-state index contributed by atoms with van der Waals surface area (Å²) in [5.41, 5.74) is 2.12. The summed E-state index contributed by atoms with van der Waals surface area (Å²) in [7, 11) is 0. The van der Waals surface area contributed by atoms with Crippen LogP contribution in [0.25, 0.3) is 0 Å². The lowest BCUT2D eigenvalue weighted by atomic mass is 10.1. The highest BCUT2D eigenvalue weighted by Gasteiger charge is 2.12. The number of amides is 1. The van der Waals surface area contributed by atoms with E-state index in [1.54, 1.807) is 12.3 Å². The molecule has 0 saturated heterocycles. The summed E-state index contributed by atoms with van der Waals surface area (Å²) >= 11 is 0. The van der Waals surface area contributed by atoms with Crippen LogP contribution in [0, 0.1) is 6.92 Å². The quantitative estimate of drug-likeness (QED) is 0.943. The number of aryl methyl sites for hydroxylation is 2. The number of anilines is 1. The topological polar surface area (TPSA) is 60.5 Å². The molecule has 1 aromatic carbocycles. The Balaban J connectivity index is 1.55. The van der Waals surface area contributed by atoms with Gasteiger partial charge in [0.25, 0.3) is 0 Å². The highest BCUT2D eigenvalue weighted by molar-refractivity contribution is 5.89. The van der Waals surface area contributed by atoms with Crippen molar-refractivity contribution < 1.29 is 14.3 Å². The van der Waals surface area contributed by atoms with Crippen molar-refractivity contribution >= 4 is 11.7 Å². The van der Waals surface area contributed by atoms with Crippen LogP contribution in [0.5, 0.6) is 11.5 Å². The van der Waals surface area contributed by atoms with Crippen LogP contribution in [0.15, 0.2) is 36.5 Å². The summed E-state index contributed by atoms with van der Waals surface area (Å²) in [6, 6.07) is 9.51. The second-order valence-corrected chi connectivity index (χ2v) is 5.25. The zero-order chi connectivity index (χ0) is 15.4. The highest BCUT2D eigenvalue weighted by Crippen LogP contribution is 2.31. The molecule has 0 unspecified atom stereocenters. The van der Waals surface area contributed by atoms with Crippen molar-refractivity contribution in [2.45, 2.75) is 19.8 Å². The number of nitrogens with zero attached hydrogens (tertiary/aromatic N) is 1. The first-order valence-electron chi connectivity index (χ1n) is 7.32. The van der Waals surface area contributed by atoms with E-state index >= 15 is 0 Å². The molecule has 1 aliphatic heterocycles. The van der Waals surface area contributed by atoms with E-state index in [0.717, 1.165) is 22.6 Å². The lowest BCUT2D eigenvalue weighted by Crippen LogP contribution is -2.16. The molecule has 0 saturated carbocycles. The van der Waals surface area contributed by atoms with Gasteiger partial charge in [-0.15, -0.1) is 0 Å². The second kappa shape index (κ2) is 6.47. The molecule has 0 radical (unpaired) electrons. The van der Waals surface area contributed by atoms with Gasteiger partial charge in [0.05, 0.1) is 0 Å². The predicted molar refractivity (Wildman–Crippen MR) is 83.4 cm³/mol. The number of pyridine rings is 1. The van der Waals surface area contributed by atoms with E-state index in [2.05, 4.69) is 10.3 Å². The summed E-state index contributed by atoms with van der Waals surface area (Å²) < 4.78 is 11.0. The number of hydrogen-bond acceptors (Lipinski definition) is 4. The Bertz CT molecular complexity index is 668. The Morgan fingerprint density at radius 2 is 2.00 bits per heavy atom. The van der Waals surface area contributed by atoms with Crippen molar-refractivity contribution in [3.05, 3.63) is 47.7 Å². The predicted octanol–water partition coefficient (Wildman–Crippen LogP) is 2.73. The van der Waals surface area contributed by atoms with Crippen LogP contribution in [0.3, 0.4) is 0 Å². The summed E-state index contributed by atoms with van der Waals surface area (Å²) in [6.45, 7) is 3.11. The number of benzene rings is 1. The number of ether oxygens (including phenoxy) is 2. The van der Waals surface area contributed by atoms with Gasteiger partial charge in [0.15, 0.2) is 11.5 Å². The number of carbonyl (C=O) groups is 1. The Labute approximate surface area is 129 Å². The van der Waals surface area contributed by atoms with E-state index in [1.165, 1.54) is 0 Å². The first-order valence-corrected chi connectivity index (χ1v) is 7.32. The molecule has 1 amide bonds. The smallest absolute Gasteiger partial charge is 0.225 e. The molecule has 2 heterocycles. The maximum absolute atomic E-state index is 12.0. The fourth-order valence-electron chi connectivity index (χ4n) is 2.25. The molecule has 1 N–H and O–H groups in total. The maximum atomic E-state index is 12.0. The zero-order valence-corrected chi connectivity index (χ0v) is 12.5. The molecule has 22 heavy (non-hydrogen) atoms. The van der Waals surface area contributed by atoms with Gasteiger partial charge in [-0.05, 0) is 42.7 Å². The molecule has 1 aliphatic rings. The fourth-order valence-corrected chi connectivity index (χ4v) is 2.25. The van der Waals surface area contributed by atoms with Crippen molar-refractivity contribution in [1.82, 2.24) is 4.98 Å². The minimum atomic E-state index is -0.0498. The molecule has 5 heteroatoms. The van der Waals surface area contributed by atoms with Gasteiger partial charge in [-0.2, -0.15) is 0 Å². The van der Waals surface area contributed by atoms with Crippen LogP contribution in [-0.2, 0) is 11.2 Å². The Hall–Kier alpha value is -2.56. The van der Waals surface area contributed by atoms with Crippen molar-refractivity contribution in [3.8, 4) is 11.5 Å². The van der Waals surface area contributed by atoms with Gasteiger partial charge in [0.2, 0.25) is 5.91 Å². The van der Waals surface area contributed by atoms with Crippen molar-refractivity contribution in [1.29, 1.82) is 0 Å². The third-order valence-electron chi connectivity index (χ3n) is 3.43. The van der Waals surface area contributed by atoms with Gasteiger partial charge in [-0.1, -0.05) is 12.1 Å². The number of nitrogens with one attached hydrogen (secondary N) is 1. The summed E-state index contributed by atoms with van der Waals surface area (Å²) in [4.78, 5) is 16.1. The van der Waals surface area contributed by atoms with Gasteiger partial charge >= 0.3 is 0 Å². The fraction of sp³-hybridized carbons (Fsp3) is 0.294. The summed E-state index contributed by atoms with van der Waals surface area (Å²) in [6.07, 6.45) is 2.78.